The molecule has 0 unspecified atom stereocenters. The Kier molecular flexibility index (Phi) is 3.86. The number of Topliss-reactive ketones (excluding diaryl/α,β-unsaturated/α-hetero) is 1. The van der Waals surface area contributed by atoms with Crippen LogP contribution in [0.3, 0.4) is 0 Å². The summed E-state index contributed by atoms with van der Waals surface area (Å²) in [6.45, 7) is 1.38. The van der Waals surface area contributed by atoms with Crippen molar-refractivity contribution in [3.63, 3.8) is 0 Å². The van der Waals surface area contributed by atoms with Crippen molar-refractivity contribution in [3.8, 4) is 11.1 Å². The molecule has 0 atom stereocenters. The molecule has 0 saturated carbocycles. The fourth-order valence-corrected chi connectivity index (χ4v) is 2.07. The van der Waals surface area contributed by atoms with Crippen LogP contribution in [-0.4, -0.2) is 5.78 Å². The molecule has 1 nitrogen and oxygen atoms in total. The summed E-state index contributed by atoms with van der Waals surface area (Å²) in [6, 6.07) is 9.46. The zero-order valence-corrected chi connectivity index (χ0v) is 11.2. The number of ketones is 1. The normalized spacial score (nSPS) is 11.4. The van der Waals surface area contributed by atoms with Gasteiger partial charge in [0, 0.05) is 10.6 Å². The molecular formula is C15H10ClF3O. The lowest BCUT2D eigenvalue weighted by atomic mass is 10.00. The molecule has 0 radical (unpaired) electrons. The largest absolute Gasteiger partial charge is 0.416 e. The maximum Gasteiger partial charge on any atom is 0.416 e. The molecule has 0 aliphatic carbocycles. The summed E-state index contributed by atoms with van der Waals surface area (Å²) in [5.41, 5.74) is 0.475. The van der Waals surface area contributed by atoms with Crippen molar-refractivity contribution in [1.82, 2.24) is 0 Å². The maximum atomic E-state index is 12.7. The lowest BCUT2D eigenvalue weighted by Gasteiger charge is -2.10. The van der Waals surface area contributed by atoms with Gasteiger partial charge in [-0.1, -0.05) is 23.7 Å². The number of carbonyl (C=O) groups excluding carboxylic acids is 1. The van der Waals surface area contributed by atoms with Crippen LogP contribution in [0.15, 0.2) is 42.5 Å². The summed E-state index contributed by atoms with van der Waals surface area (Å²) < 4.78 is 38.1. The Balaban J connectivity index is 2.54. The topological polar surface area (TPSA) is 17.1 Å². The van der Waals surface area contributed by atoms with Gasteiger partial charge in [-0.05, 0) is 48.4 Å². The van der Waals surface area contributed by atoms with Gasteiger partial charge in [0.1, 0.15) is 0 Å². The fourth-order valence-electron chi connectivity index (χ4n) is 1.83. The quantitative estimate of drug-likeness (QED) is 0.694. The summed E-state index contributed by atoms with van der Waals surface area (Å²) in [6.07, 6.45) is -4.40. The molecule has 2 aromatic carbocycles. The highest BCUT2D eigenvalue weighted by molar-refractivity contribution is 6.31. The molecule has 0 aliphatic heterocycles. The number of rotatable bonds is 2. The number of hydrogen-bond acceptors (Lipinski definition) is 1. The highest BCUT2D eigenvalue weighted by Gasteiger charge is 2.30. The highest BCUT2D eigenvalue weighted by atomic mass is 35.5. The molecule has 0 saturated heterocycles. The number of carbonyl (C=O) groups is 1. The van der Waals surface area contributed by atoms with E-state index in [0.29, 0.717) is 21.7 Å². The molecule has 0 N–H and O–H groups in total. The van der Waals surface area contributed by atoms with Gasteiger partial charge >= 0.3 is 6.18 Å². The average molecular weight is 299 g/mol. The standard InChI is InChI=1S/C15H10ClF3O/c1-9(20)11-5-12(8-14(16)7-11)10-3-2-4-13(6-10)15(17,18)19/h2-8H,1H3. The molecule has 0 bridgehead atoms. The number of alkyl halides is 3. The van der Waals surface area contributed by atoms with Crippen LogP contribution in [0.25, 0.3) is 11.1 Å². The average Bonchev–Trinajstić information content (AvgIpc) is 2.37. The smallest absolute Gasteiger partial charge is 0.295 e. The molecule has 0 heterocycles. The second kappa shape index (κ2) is 5.29. The number of benzene rings is 2. The van der Waals surface area contributed by atoms with Crippen LogP contribution in [0.4, 0.5) is 13.2 Å². The lowest BCUT2D eigenvalue weighted by Crippen LogP contribution is -2.04. The Hall–Kier alpha value is -1.81. The van der Waals surface area contributed by atoms with Crippen molar-refractivity contribution >= 4 is 17.4 Å². The van der Waals surface area contributed by atoms with Crippen molar-refractivity contribution in [2.75, 3.05) is 0 Å². The van der Waals surface area contributed by atoms with E-state index in [0.717, 1.165) is 12.1 Å². The first-order valence-corrected chi connectivity index (χ1v) is 6.14. The van der Waals surface area contributed by atoms with Gasteiger partial charge in [0.2, 0.25) is 0 Å². The Labute approximate surface area is 119 Å². The minimum absolute atomic E-state index is 0.194. The molecule has 5 heteroatoms. The molecule has 0 aliphatic rings. The van der Waals surface area contributed by atoms with E-state index >= 15 is 0 Å². The Morgan fingerprint density at radius 1 is 1.05 bits per heavy atom. The van der Waals surface area contributed by atoms with E-state index in [2.05, 4.69) is 0 Å². The van der Waals surface area contributed by atoms with Crippen molar-refractivity contribution in [2.24, 2.45) is 0 Å². The SMILES string of the molecule is CC(=O)c1cc(Cl)cc(-c2cccc(C(F)(F)F)c2)c1. The summed E-state index contributed by atoms with van der Waals surface area (Å²) in [5.74, 6) is -0.194. The predicted molar refractivity (Wildman–Crippen MR) is 71.9 cm³/mol. The minimum atomic E-state index is -4.40. The van der Waals surface area contributed by atoms with E-state index in [4.69, 9.17) is 11.6 Å². The first-order valence-electron chi connectivity index (χ1n) is 5.76. The van der Waals surface area contributed by atoms with Gasteiger partial charge in [-0.2, -0.15) is 13.2 Å². The lowest BCUT2D eigenvalue weighted by molar-refractivity contribution is -0.137. The van der Waals surface area contributed by atoms with E-state index < -0.39 is 11.7 Å². The van der Waals surface area contributed by atoms with Crippen LogP contribution in [-0.2, 0) is 6.18 Å². The third-order valence-electron chi connectivity index (χ3n) is 2.83. The van der Waals surface area contributed by atoms with Crippen LogP contribution in [0.5, 0.6) is 0 Å². The van der Waals surface area contributed by atoms with Crippen molar-refractivity contribution in [2.45, 2.75) is 13.1 Å². The van der Waals surface area contributed by atoms with E-state index in [1.54, 1.807) is 6.07 Å². The fraction of sp³-hybridized carbons (Fsp3) is 0.133. The summed E-state index contributed by atoms with van der Waals surface area (Å²) in [7, 11) is 0. The molecule has 0 aromatic heterocycles. The van der Waals surface area contributed by atoms with Crippen LogP contribution in [0.2, 0.25) is 5.02 Å². The third kappa shape index (κ3) is 3.20. The predicted octanol–water partition coefficient (Wildman–Crippen LogP) is 5.23. The third-order valence-corrected chi connectivity index (χ3v) is 3.05. The molecule has 20 heavy (non-hydrogen) atoms. The molecule has 104 valence electrons. The van der Waals surface area contributed by atoms with Gasteiger partial charge in [0.05, 0.1) is 5.56 Å². The molecule has 0 fully saturated rings. The van der Waals surface area contributed by atoms with E-state index in [9.17, 15) is 18.0 Å². The van der Waals surface area contributed by atoms with E-state index in [1.165, 1.54) is 31.2 Å². The molecule has 2 aromatic rings. The van der Waals surface area contributed by atoms with Gasteiger partial charge in [0.25, 0.3) is 0 Å². The Bertz CT molecular complexity index is 662. The Morgan fingerprint density at radius 2 is 1.75 bits per heavy atom. The molecular weight excluding hydrogens is 289 g/mol. The molecule has 0 spiro atoms. The van der Waals surface area contributed by atoms with Gasteiger partial charge < -0.3 is 0 Å². The van der Waals surface area contributed by atoms with Crippen LogP contribution in [0.1, 0.15) is 22.8 Å². The summed E-state index contributed by atoms with van der Waals surface area (Å²) in [4.78, 5) is 11.4. The zero-order chi connectivity index (χ0) is 14.9. The zero-order valence-electron chi connectivity index (χ0n) is 10.5. The van der Waals surface area contributed by atoms with Crippen LogP contribution >= 0.6 is 11.6 Å². The highest BCUT2D eigenvalue weighted by Crippen LogP contribution is 2.33. The summed E-state index contributed by atoms with van der Waals surface area (Å²) in [5, 5.41) is 0.310. The summed E-state index contributed by atoms with van der Waals surface area (Å²) >= 11 is 5.90. The van der Waals surface area contributed by atoms with Crippen molar-refractivity contribution in [3.05, 3.63) is 58.6 Å². The van der Waals surface area contributed by atoms with Gasteiger partial charge in [-0.15, -0.1) is 0 Å². The monoisotopic (exact) mass is 298 g/mol. The van der Waals surface area contributed by atoms with Gasteiger partial charge in [-0.25, -0.2) is 0 Å². The molecule has 2 rings (SSSR count). The second-order valence-electron chi connectivity index (χ2n) is 4.36. The van der Waals surface area contributed by atoms with Gasteiger partial charge in [0.15, 0.2) is 5.78 Å². The van der Waals surface area contributed by atoms with Crippen molar-refractivity contribution in [1.29, 1.82) is 0 Å². The number of hydrogen-bond donors (Lipinski definition) is 0. The van der Waals surface area contributed by atoms with Crippen LogP contribution in [0, 0.1) is 0 Å². The number of halogens is 4. The van der Waals surface area contributed by atoms with Gasteiger partial charge in [-0.3, -0.25) is 4.79 Å². The van der Waals surface area contributed by atoms with Crippen molar-refractivity contribution < 1.29 is 18.0 Å². The Morgan fingerprint density at radius 3 is 2.35 bits per heavy atom. The maximum absolute atomic E-state index is 12.7. The second-order valence-corrected chi connectivity index (χ2v) is 4.80. The van der Waals surface area contributed by atoms with Crippen LogP contribution < -0.4 is 0 Å². The molecule has 0 amide bonds. The first-order chi connectivity index (χ1) is 9.27. The minimum Gasteiger partial charge on any atom is -0.295 e. The van der Waals surface area contributed by atoms with E-state index in [1.807, 2.05) is 0 Å². The van der Waals surface area contributed by atoms with E-state index in [-0.39, 0.29) is 5.78 Å². The first kappa shape index (κ1) is 14.6.